The van der Waals surface area contributed by atoms with Crippen LogP contribution in [0.1, 0.15) is 12.5 Å². The lowest BCUT2D eigenvalue weighted by molar-refractivity contribution is 0.613. The summed E-state index contributed by atoms with van der Waals surface area (Å²) in [7, 11) is 0. The number of thioether (sulfide) groups is 1. The van der Waals surface area contributed by atoms with Crippen molar-refractivity contribution in [2.75, 3.05) is 9.80 Å². The number of para-hydroxylation sites is 2. The lowest BCUT2D eigenvalue weighted by atomic mass is 9.76. The van der Waals surface area contributed by atoms with E-state index in [-0.39, 0.29) is 5.41 Å². The number of allylic oxidation sites excluding steroid dienone is 2. The Morgan fingerprint density at radius 1 is 0.491 bits per heavy atom. The van der Waals surface area contributed by atoms with Gasteiger partial charge in [-0.25, -0.2) is 0 Å². The first-order valence-electron chi connectivity index (χ1n) is 18.1. The molecule has 7 aromatic carbocycles. The van der Waals surface area contributed by atoms with Gasteiger partial charge in [0.15, 0.2) is 0 Å². The number of anilines is 5. The van der Waals surface area contributed by atoms with Gasteiger partial charge in [-0.3, -0.25) is 0 Å². The van der Waals surface area contributed by atoms with Gasteiger partial charge in [-0.2, -0.15) is 0 Å². The highest BCUT2D eigenvalue weighted by atomic mass is 32.2. The Bertz CT molecular complexity index is 2620. The molecular formula is C49H36N2S2. The molecule has 1 aliphatic heterocycles. The van der Waals surface area contributed by atoms with E-state index < -0.39 is 0 Å². The number of rotatable bonds is 7. The zero-order valence-electron chi connectivity index (χ0n) is 29.3. The first kappa shape index (κ1) is 31.9. The van der Waals surface area contributed by atoms with Crippen LogP contribution in [0, 0.1) is 0 Å². The van der Waals surface area contributed by atoms with Gasteiger partial charge < -0.3 is 9.80 Å². The van der Waals surface area contributed by atoms with Gasteiger partial charge >= 0.3 is 0 Å². The van der Waals surface area contributed by atoms with Crippen molar-refractivity contribution >= 4 is 71.7 Å². The predicted octanol–water partition coefficient (Wildman–Crippen LogP) is 14.2. The molecule has 0 N–H and O–H groups in total. The maximum atomic E-state index is 2.49. The highest BCUT2D eigenvalue weighted by Crippen LogP contribution is 2.55. The Morgan fingerprint density at radius 3 is 1.79 bits per heavy atom. The van der Waals surface area contributed by atoms with Crippen molar-refractivity contribution in [3.8, 4) is 11.1 Å². The zero-order chi connectivity index (χ0) is 35.4. The summed E-state index contributed by atoms with van der Waals surface area (Å²) in [6.45, 7) is 2.41. The molecule has 0 radical (unpaired) electrons. The van der Waals surface area contributed by atoms with Gasteiger partial charge in [-0.05, 0) is 95.6 Å². The Balaban J connectivity index is 1.07. The molecule has 2 unspecified atom stereocenters. The van der Waals surface area contributed by atoms with Crippen LogP contribution in [0.2, 0.25) is 0 Å². The summed E-state index contributed by atoms with van der Waals surface area (Å²) in [6, 6.07) is 63.8. The van der Waals surface area contributed by atoms with Crippen LogP contribution in [-0.4, -0.2) is 5.25 Å². The first-order valence-corrected chi connectivity index (χ1v) is 19.8. The summed E-state index contributed by atoms with van der Waals surface area (Å²) in [5, 5.41) is 2.93. The summed E-state index contributed by atoms with van der Waals surface area (Å²) in [4.78, 5) is 6.13. The fourth-order valence-electron chi connectivity index (χ4n) is 8.02. The molecule has 8 aromatic rings. The molecule has 2 heterocycles. The van der Waals surface area contributed by atoms with Gasteiger partial charge in [0.1, 0.15) is 0 Å². The smallest absolute Gasteiger partial charge is 0.0476 e. The summed E-state index contributed by atoms with van der Waals surface area (Å²) in [6.07, 6.45) is 7.21. The number of hydrogen-bond acceptors (Lipinski definition) is 4. The van der Waals surface area contributed by atoms with E-state index >= 15 is 0 Å². The van der Waals surface area contributed by atoms with E-state index in [9.17, 15) is 0 Å². The topological polar surface area (TPSA) is 6.48 Å². The third kappa shape index (κ3) is 5.58. The van der Waals surface area contributed by atoms with Crippen LogP contribution in [0.15, 0.2) is 205 Å². The number of thiophene rings is 1. The molecule has 4 heteroatoms. The number of nitrogens with zero attached hydrogens (tertiary/aromatic N) is 2. The summed E-state index contributed by atoms with van der Waals surface area (Å²) < 4.78 is 2.62. The van der Waals surface area contributed by atoms with Gasteiger partial charge in [0.05, 0.1) is 0 Å². The number of hydrogen-bond donors (Lipinski definition) is 0. The minimum Gasteiger partial charge on any atom is -0.311 e. The molecule has 1 aromatic heterocycles. The molecule has 0 spiro atoms. The van der Waals surface area contributed by atoms with Crippen LogP contribution in [0.3, 0.4) is 0 Å². The van der Waals surface area contributed by atoms with Gasteiger partial charge in [0.25, 0.3) is 0 Å². The van der Waals surface area contributed by atoms with Gasteiger partial charge in [0, 0.05) is 69.9 Å². The van der Waals surface area contributed by atoms with Crippen molar-refractivity contribution in [1.82, 2.24) is 0 Å². The van der Waals surface area contributed by atoms with Crippen molar-refractivity contribution in [2.45, 2.75) is 22.5 Å². The highest BCUT2D eigenvalue weighted by molar-refractivity contribution is 8.00. The van der Waals surface area contributed by atoms with Gasteiger partial charge in [0.2, 0.25) is 0 Å². The van der Waals surface area contributed by atoms with Gasteiger partial charge in [-0.15, -0.1) is 23.1 Å². The maximum absolute atomic E-state index is 2.49. The second-order valence-corrected chi connectivity index (χ2v) is 16.2. The zero-order valence-corrected chi connectivity index (χ0v) is 30.9. The first-order chi connectivity index (χ1) is 26.1. The van der Waals surface area contributed by atoms with Crippen LogP contribution < -0.4 is 9.80 Å². The van der Waals surface area contributed by atoms with Crippen LogP contribution >= 0.6 is 23.1 Å². The lowest BCUT2D eigenvalue weighted by Gasteiger charge is -2.35. The molecule has 0 saturated heterocycles. The van der Waals surface area contributed by atoms with E-state index in [4.69, 9.17) is 0 Å². The van der Waals surface area contributed by atoms with Gasteiger partial charge in [-0.1, -0.05) is 122 Å². The van der Waals surface area contributed by atoms with E-state index in [0.717, 1.165) is 28.4 Å². The summed E-state index contributed by atoms with van der Waals surface area (Å²) >= 11 is 3.84. The third-order valence-corrected chi connectivity index (χ3v) is 13.3. The molecule has 53 heavy (non-hydrogen) atoms. The van der Waals surface area contributed by atoms with E-state index in [2.05, 4.69) is 211 Å². The molecule has 2 atom stereocenters. The Hall–Kier alpha value is -5.81. The SMILES string of the molecule is CC12C=C(N(c3ccccc3)c3ccccc3)C=CC1Sc1cc(N(c3ccc(-c4ccccc4)cc3)c3ccc4c(c3)sc3ccccc34)ccc12. The normalized spacial score (nSPS) is 17.4. The second kappa shape index (κ2) is 13.0. The van der Waals surface area contributed by atoms with Crippen molar-refractivity contribution in [1.29, 1.82) is 0 Å². The van der Waals surface area contributed by atoms with E-state index in [1.165, 1.54) is 47.5 Å². The van der Waals surface area contributed by atoms with Crippen molar-refractivity contribution in [2.24, 2.45) is 0 Å². The van der Waals surface area contributed by atoms with Crippen molar-refractivity contribution < 1.29 is 0 Å². The summed E-state index contributed by atoms with van der Waals surface area (Å²) in [5.74, 6) is 0. The Labute approximate surface area is 319 Å². The van der Waals surface area contributed by atoms with E-state index in [1.807, 2.05) is 23.1 Å². The van der Waals surface area contributed by atoms with Crippen molar-refractivity contribution in [3.63, 3.8) is 0 Å². The lowest BCUT2D eigenvalue weighted by Crippen LogP contribution is -2.32. The molecular weight excluding hydrogens is 681 g/mol. The maximum Gasteiger partial charge on any atom is 0.0476 e. The average molecular weight is 717 g/mol. The van der Waals surface area contributed by atoms with E-state index in [0.29, 0.717) is 5.25 Å². The third-order valence-electron chi connectivity index (χ3n) is 10.7. The Morgan fingerprint density at radius 2 is 1.06 bits per heavy atom. The fourth-order valence-corrected chi connectivity index (χ4v) is 10.6. The van der Waals surface area contributed by atoms with E-state index in [1.54, 1.807) is 0 Å². The molecule has 0 amide bonds. The van der Waals surface area contributed by atoms with Crippen LogP contribution in [0.5, 0.6) is 0 Å². The molecule has 2 aliphatic rings. The number of fused-ring (bicyclic) bond motifs is 6. The molecule has 1 aliphatic carbocycles. The van der Waals surface area contributed by atoms with Crippen LogP contribution in [-0.2, 0) is 5.41 Å². The highest BCUT2D eigenvalue weighted by Gasteiger charge is 2.44. The molecule has 0 bridgehead atoms. The molecule has 0 fully saturated rings. The predicted molar refractivity (Wildman–Crippen MR) is 229 cm³/mol. The molecule has 2 nitrogen and oxygen atoms in total. The monoisotopic (exact) mass is 716 g/mol. The minimum atomic E-state index is -0.164. The molecule has 0 saturated carbocycles. The Kier molecular flexibility index (Phi) is 7.82. The quantitative estimate of drug-likeness (QED) is 0.162. The second-order valence-electron chi connectivity index (χ2n) is 14.0. The fraction of sp³-hybridized carbons (Fsp3) is 0.0612. The minimum absolute atomic E-state index is 0.164. The largest absolute Gasteiger partial charge is 0.311 e. The molecule has 254 valence electrons. The summed E-state index contributed by atoms with van der Waals surface area (Å²) in [5.41, 5.74) is 10.6. The van der Waals surface area contributed by atoms with Crippen molar-refractivity contribution in [3.05, 3.63) is 205 Å². The molecule has 10 rings (SSSR count). The van der Waals surface area contributed by atoms with Crippen LogP contribution in [0.4, 0.5) is 28.4 Å². The standard InChI is InChI=1S/C49H36N2S2/c1-49-33-41(50(36-15-7-3-8-16-36)37-17-9-4-10-18-37)27-30-48(49)53-47-32-40(26-29-44(47)49)51(38-23-21-35(22-24-38)34-13-5-2-6-14-34)39-25-28-43-42-19-11-12-20-45(42)52-46(43)31-39/h2-33,48H,1H3. The van der Waals surface area contributed by atoms with Crippen LogP contribution in [0.25, 0.3) is 31.3 Å². The number of benzene rings is 7. The average Bonchev–Trinajstić information content (AvgIpc) is 3.73.